The van der Waals surface area contributed by atoms with E-state index in [0.29, 0.717) is 39.2 Å². The van der Waals surface area contributed by atoms with Crippen molar-refractivity contribution in [2.24, 2.45) is 0 Å². The Balaban J connectivity index is 1.79. The van der Waals surface area contributed by atoms with Crippen molar-refractivity contribution in [2.45, 2.75) is 13.5 Å². The number of hydrogen-bond donors (Lipinski definition) is 0. The third-order valence-electron chi connectivity index (χ3n) is 3.05. The molecular formula is C16H11Cl3N2O2. The average Bonchev–Trinajstić information content (AvgIpc) is 2.93. The molecule has 0 fully saturated rings. The number of benzene rings is 2. The lowest BCUT2D eigenvalue weighted by molar-refractivity contribution is 0.306. The molecule has 0 aliphatic rings. The van der Waals surface area contributed by atoms with E-state index in [2.05, 4.69) is 10.2 Å². The summed E-state index contributed by atoms with van der Waals surface area (Å²) in [5, 5.41) is 9.01. The maximum Gasteiger partial charge on any atom is 0.247 e. The van der Waals surface area contributed by atoms with Gasteiger partial charge in [0.2, 0.25) is 11.8 Å². The lowest BCUT2D eigenvalue weighted by Gasteiger charge is -2.10. The summed E-state index contributed by atoms with van der Waals surface area (Å²) in [6.07, 6.45) is 0. The van der Waals surface area contributed by atoms with Crippen LogP contribution in [0.4, 0.5) is 0 Å². The molecule has 0 saturated carbocycles. The smallest absolute Gasteiger partial charge is 0.247 e. The Morgan fingerprint density at radius 3 is 2.43 bits per heavy atom. The van der Waals surface area contributed by atoms with Crippen LogP contribution in [-0.2, 0) is 6.61 Å². The van der Waals surface area contributed by atoms with E-state index in [9.17, 15) is 0 Å². The Morgan fingerprint density at radius 1 is 1.04 bits per heavy atom. The molecule has 3 aromatic rings. The van der Waals surface area contributed by atoms with E-state index >= 15 is 0 Å². The van der Waals surface area contributed by atoms with E-state index in [-0.39, 0.29) is 0 Å². The number of ether oxygens (including phenoxy) is 1. The molecule has 0 unspecified atom stereocenters. The van der Waals surface area contributed by atoms with E-state index in [1.54, 1.807) is 19.1 Å². The fraction of sp³-hybridized carbons (Fsp3) is 0.125. The van der Waals surface area contributed by atoms with Gasteiger partial charge in [-0.1, -0.05) is 46.9 Å². The molecule has 7 heteroatoms. The van der Waals surface area contributed by atoms with Crippen LogP contribution in [0.2, 0.25) is 15.1 Å². The van der Waals surface area contributed by atoms with Crippen molar-refractivity contribution < 1.29 is 9.15 Å². The summed E-state index contributed by atoms with van der Waals surface area (Å²) in [5.41, 5.74) is 1.74. The molecule has 0 aliphatic heterocycles. The quantitative estimate of drug-likeness (QED) is 0.602. The van der Waals surface area contributed by atoms with Gasteiger partial charge in [-0.3, -0.25) is 0 Å². The van der Waals surface area contributed by atoms with Gasteiger partial charge in [0.25, 0.3) is 0 Å². The molecule has 0 atom stereocenters. The van der Waals surface area contributed by atoms with Crippen molar-refractivity contribution in [3.8, 4) is 17.2 Å². The van der Waals surface area contributed by atoms with Gasteiger partial charge < -0.3 is 9.15 Å². The maximum absolute atomic E-state index is 6.10. The highest BCUT2D eigenvalue weighted by atomic mass is 35.5. The third kappa shape index (κ3) is 3.78. The summed E-state index contributed by atoms with van der Waals surface area (Å²) in [5.74, 6) is 1.38. The first-order valence-electron chi connectivity index (χ1n) is 6.69. The second-order valence-electron chi connectivity index (χ2n) is 4.81. The van der Waals surface area contributed by atoms with E-state index in [1.165, 1.54) is 0 Å². The molecule has 0 spiro atoms. The lowest BCUT2D eigenvalue weighted by atomic mass is 10.1. The largest absolute Gasteiger partial charge is 0.486 e. The molecule has 2 aromatic carbocycles. The molecule has 4 nitrogen and oxygen atoms in total. The number of aromatic nitrogens is 2. The molecule has 0 bridgehead atoms. The Kier molecular flexibility index (Phi) is 4.76. The van der Waals surface area contributed by atoms with Gasteiger partial charge >= 0.3 is 0 Å². The molecule has 0 radical (unpaired) electrons. The summed E-state index contributed by atoms with van der Waals surface area (Å²) in [4.78, 5) is 0. The van der Waals surface area contributed by atoms with Crippen LogP contribution in [0.1, 0.15) is 11.5 Å². The first-order valence-corrected chi connectivity index (χ1v) is 7.83. The zero-order chi connectivity index (χ0) is 16.4. The monoisotopic (exact) mass is 368 g/mol. The highest BCUT2D eigenvalue weighted by Gasteiger charge is 2.11. The van der Waals surface area contributed by atoms with Crippen molar-refractivity contribution in [1.29, 1.82) is 0 Å². The standard InChI is InChI=1S/C16H11Cl3N2O2/c1-9-20-21-16(23-9)11-4-2-3-10(5-11)8-22-15-13(18)6-12(17)7-14(15)19/h2-7H,8H2,1H3. The Labute approximate surface area is 148 Å². The summed E-state index contributed by atoms with van der Waals surface area (Å²) in [7, 11) is 0. The first kappa shape index (κ1) is 16.1. The van der Waals surface area contributed by atoms with Gasteiger partial charge in [0.1, 0.15) is 6.61 Å². The van der Waals surface area contributed by atoms with Crippen LogP contribution in [0.15, 0.2) is 40.8 Å². The van der Waals surface area contributed by atoms with Gasteiger partial charge in [-0.15, -0.1) is 10.2 Å². The fourth-order valence-corrected chi connectivity index (χ4v) is 2.96. The second-order valence-corrected chi connectivity index (χ2v) is 6.06. The van der Waals surface area contributed by atoms with Crippen LogP contribution in [0.5, 0.6) is 5.75 Å². The minimum absolute atomic E-state index is 0.294. The average molecular weight is 370 g/mol. The topological polar surface area (TPSA) is 48.2 Å². The van der Waals surface area contributed by atoms with Crippen LogP contribution >= 0.6 is 34.8 Å². The van der Waals surface area contributed by atoms with Crippen molar-refractivity contribution in [3.63, 3.8) is 0 Å². The minimum atomic E-state index is 0.294. The number of hydrogen-bond acceptors (Lipinski definition) is 4. The summed E-state index contributed by atoms with van der Waals surface area (Å²) >= 11 is 18.1. The fourth-order valence-electron chi connectivity index (χ4n) is 2.03. The Morgan fingerprint density at radius 2 is 1.78 bits per heavy atom. The predicted molar refractivity (Wildman–Crippen MR) is 90.3 cm³/mol. The normalized spacial score (nSPS) is 10.8. The van der Waals surface area contributed by atoms with Crippen LogP contribution in [0.3, 0.4) is 0 Å². The number of nitrogens with zero attached hydrogens (tertiary/aromatic N) is 2. The molecule has 3 rings (SSSR count). The number of rotatable bonds is 4. The van der Waals surface area contributed by atoms with Gasteiger partial charge in [0.05, 0.1) is 10.0 Å². The number of halogens is 3. The van der Waals surface area contributed by atoms with E-state index in [4.69, 9.17) is 44.0 Å². The zero-order valence-electron chi connectivity index (χ0n) is 12.0. The number of aryl methyl sites for hydroxylation is 1. The molecule has 0 saturated heterocycles. The van der Waals surface area contributed by atoms with Gasteiger partial charge in [0.15, 0.2) is 5.75 Å². The van der Waals surface area contributed by atoms with Gasteiger partial charge in [-0.25, -0.2) is 0 Å². The SMILES string of the molecule is Cc1nnc(-c2cccc(COc3c(Cl)cc(Cl)cc3Cl)c2)o1. The van der Waals surface area contributed by atoms with Gasteiger partial charge in [0, 0.05) is 17.5 Å². The Bertz CT molecular complexity index is 826. The first-order chi connectivity index (χ1) is 11.0. The van der Waals surface area contributed by atoms with E-state index in [1.807, 2.05) is 24.3 Å². The molecule has 0 N–H and O–H groups in total. The minimum Gasteiger partial charge on any atom is -0.486 e. The van der Waals surface area contributed by atoms with Crippen molar-refractivity contribution in [1.82, 2.24) is 10.2 Å². The molecule has 118 valence electrons. The third-order valence-corrected chi connectivity index (χ3v) is 3.83. The molecule has 0 amide bonds. The van der Waals surface area contributed by atoms with E-state index < -0.39 is 0 Å². The predicted octanol–water partition coefficient (Wildman–Crippen LogP) is 5.58. The van der Waals surface area contributed by atoms with Crippen molar-refractivity contribution in [2.75, 3.05) is 0 Å². The zero-order valence-corrected chi connectivity index (χ0v) is 14.3. The van der Waals surface area contributed by atoms with Crippen LogP contribution in [0, 0.1) is 6.92 Å². The van der Waals surface area contributed by atoms with Gasteiger partial charge in [-0.05, 0) is 29.8 Å². The lowest BCUT2D eigenvalue weighted by Crippen LogP contribution is -1.97. The molecular weight excluding hydrogens is 359 g/mol. The van der Waals surface area contributed by atoms with Crippen LogP contribution in [-0.4, -0.2) is 10.2 Å². The second kappa shape index (κ2) is 6.79. The molecule has 23 heavy (non-hydrogen) atoms. The summed E-state index contributed by atoms with van der Waals surface area (Å²) in [6, 6.07) is 10.8. The molecule has 0 aliphatic carbocycles. The van der Waals surface area contributed by atoms with Crippen molar-refractivity contribution in [3.05, 3.63) is 62.9 Å². The highest BCUT2D eigenvalue weighted by molar-refractivity contribution is 6.40. The maximum atomic E-state index is 6.10. The summed E-state index contributed by atoms with van der Waals surface area (Å²) in [6.45, 7) is 2.04. The summed E-state index contributed by atoms with van der Waals surface area (Å²) < 4.78 is 11.1. The van der Waals surface area contributed by atoms with Crippen LogP contribution < -0.4 is 4.74 Å². The van der Waals surface area contributed by atoms with E-state index in [0.717, 1.165) is 11.1 Å². The molecule has 1 heterocycles. The van der Waals surface area contributed by atoms with Crippen molar-refractivity contribution >= 4 is 34.8 Å². The van der Waals surface area contributed by atoms with Gasteiger partial charge in [-0.2, -0.15) is 0 Å². The van der Waals surface area contributed by atoms with Crippen LogP contribution in [0.25, 0.3) is 11.5 Å². The molecule has 1 aromatic heterocycles. The highest BCUT2D eigenvalue weighted by Crippen LogP contribution is 2.36. The Hall–Kier alpha value is -1.75.